The van der Waals surface area contributed by atoms with Crippen LogP contribution in [0.1, 0.15) is 113 Å². The number of Topliss-reactive ketones (excluding diaryl/α,β-unsaturated/α-hetero) is 3. The molecule has 0 aromatic heterocycles. The Hall–Kier alpha value is -4.63. The first-order valence-electron chi connectivity index (χ1n) is 29.0. The maximum atomic E-state index is 14.2. The van der Waals surface area contributed by atoms with E-state index < -0.39 is 183 Å². The fourth-order valence-electron chi connectivity index (χ4n) is 14.2. The lowest BCUT2D eigenvalue weighted by atomic mass is 9.53. The third-order valence-electron chi connectivity index (χ3n) is 19.3. The number of hydrogen-bond donors (Lipinski definition) is 11. The Bertz CT molecular complexity index is 2740. The summed E-state index contributed by atoms with van der Waals surface area (Å²) in [4.78, 5) is 70.0. The zero-order valence-corrected chi connectivity index (χ0v) is 52.9. The van der Waals surface area contributed by atoms with E-state index >= 15 is 0 Å². The molecule has 496 valence electrons. The first-order chi connectivity index (χ1) is 39.2. The first-order valence-corrected chi connectivity index (χ1v) is 29.0. The van der Waals surface area contributed by atoms with Gasteiger partial charge in [0.1, 0.15) is 52.5 Å². The molecule has 27 heteroatoms. The molecule has 3 saturated heterocycles. The van der Waals surface area contributed by atoms with E-state index in [9.17, 15) is 75.0 Å². The number of hydrogen-bond acceptors (Lipinski definition) is 24. The SMILES string of the molecule is CC[C@H]1OC(=O)[C@H](C)[C@@H](O[C@H]2C[C@@](C)(OC)[C@@H](O)[C@H](C)O2)C(C)[C@@H](O[C@@H]2O[C@H](C)C[C@H](N(C)C)[C@H]2O)[C@](C)(OC)C[C@@H](C)C(=O)[C@H](C)[C@@H](O)[C@]1(C)O.CN(C)[C@@H]1C(=O)C(C(N)=O)=C(O)[C@@]2(O)C(=O)C3=C(O)c4c(O)cccc4[C@@](C)(O)[C@H]3[C@H](O)[C@@H]12.O.O. The fourth-order valence-corrected chi connectivity index (χ4v) is 14.2. The molecule has 4 fully saturated rings. The quantitative estimate of drug-likeness (QED) is 0.103. The van der Waals surface area contributed by atoms with Crippen molar-refractivity contribution in [2.75, 3.05) is 42.4 Å². The number of phenols is 1. The van der Waals surface area contributed by atoms with Gasteiger partial charge >= 0.3 is 5.97 Å². The van der Waals surface area contributed by atoms with Crippen molar-refractivity contribution < 1.29 is 119 Å². The molecular weight excluding hydrogens is 1150 g/mol. The second kappa shape index (κ2) is 27.5. The van der Waals surface area contributed by atoms with Gasteiger partial charge in [-0.25, -0.2) is 0 Å². The van der Waals surface area contributed by atoms with Gasteiger partial charge in [0.2, 0.25) is 5.78 Å². The Morgan fingerprint density at radius 1 is 0.782 bits per heavy atom. The van der Waals surface area contributed by atoms with Crippen LogP contribution in [-0.4, -0.2) is 245 Å². The van der Waals surface area contributed by atoms with E-state index in [4.69, 9.17) is 38.9 Å². The van der Waals surface area contributed by atoms with Crippen LogP contribution < -0.4 is 5.73 Å². The largest absolute Gasteiger partial charge is 0.508 e. The monoisotopic (exact) mass is 1240 g/mol. The van der Waals surface area contributed by atoms with E-state index in [0.29, 0.717) is 6.42 Å². The molecule has 1 aromatic carbocycles. The minimum absolute atomic E-state index is 0. The van der Waals surface area contributed by atoms with Crippen LogP contribution in [-0.2, 0) is 62.7 Å². The summed E-state index contributed by atoms with van der Waals surface area (Å²) >= 11 is 0. The number of nitrogens with zero attached hydrogens (tertiary/aromatic N) is 2. The zero-order chi connectivity index (χ0) is 64.5. The highest BCUT2D eigenvalue weighted by Gasteiger charge is 2.70. The summed E-state index contributed by atoms with van der Waals surface area (Å²) in [6, 6.07) is 2.22. The number of aromatic hydroxyl groups is 1. The van der Waals surface area contributed by atoms with Gasteiger partial charge in [0.25, 0.3) is 5.91 Å². The van der Waals surface area contributed by atoms with Crippen molar-refractivity contribution in [3.05, 3.63) is 46.2 Å². The van der Waals surface area contributed by atoms with Crippen molar-refractivity contribution in [1.29, 1.82) is 0 Å². The highest BCUT2D eigenvalue weighted by Crippen LogP contribution is 2.57. The lowest BCUT2D eigenvalue weighted by molar-refractivity contribution is -0.319. The maximum absolute atomic E-state index is 14.2. The fraction of sp³-hybridized carbons (Fsp3) is 0.750. The predicted octanol–water partition coefficient (Wildman–Crippen LogP) is -0.610. The van der Waals surface area contributed by atoms with E-state index in [1.54, 1.807) is 48.5 Å². The van der Waals surface area contributed by atoms with Gasteiger partial charge in [0.15, 0.2) is 24.0 Å². The number of ether oxygens (including phenoxy) is 7. The second-order valence-corrected chi connectivity index (χ2v) is 25.7. The standard InChI is InChI=1S/C38H69NO13.C22H24N2O9.2H2O/c1-15-26-38(10,45)31(42)21(4)28(40)19(2)17-37(9,47-14)33(52-35-29(41)25(39(11)12)16-20(3)48-35)22(5)30(23(6)34(44)50-26)51-27-18-36(8,46-13)32(43)24(7)49-27;1-21(32)7-5-4-6-8(25)9(7)15(26)10-12(21)17(28)13-14(24(2)3)16(27)11(20(23)31)19(30)22(13,33)18(10)29;;/h19-27,29-33,35,41-43,45H,15-18H2,1-14H3;4-6,12-14,17,25-26,28,30,32-33H,1-3H3,(H2,23,31);2*1H2/t19-,20-,21+,22?,23-,24+,25+,26-,27+,29-,30+,31-,32+,33-,35+,36-,37-,38-;12-,13-,14+,17+,21-,22+;;/m11../s1. The van der Waals surface area contributed by atoms with E-state index in [1.807, 2.05) is 32.8 Å². The first kappa shape index (κ1) is 74.8. The van der Waals surface area contributed by atoms with Gasteiger partial charge in [-0.05, 0) is 108 Å². The number of carbonyl (C=O) groups is 5. The number of primary amides is 1. The van der Waals surface area contributed by atoms with Crippen LogP contribution in [0.5, 0.6) is 5.75 Å². The van der Waals surface area contributed by atoms with E-state index in [-0.39, 0.29) is 59.3 Å². The van der Waals surface area contributed by atoms with Crippen LogP contribution in [0, 0.1) is 35.5 Å². The van der Waals surface area contributed by atoms with E-state index in [1.165, 1.54) is 65.3 Å². The normalized spacial score (nSPS) is 42.9. The Kier molecular flexibility index (Phi) is 23.6. The molecule has 0 spiro atoms. The molecule has 3 aliphatic carbocycles. The Balaban J connectivity index is 0.000000398. The molecule has 87 heavy (non-hydrogen) atoms. The van der Waals surface area contributed by atoms with Crippen LogP contribution in [0.3, 0.4) is 0 Å². The molecule has 16 N–H and O–H groups in total. The summed E-state index contributed by atoms with van der Waals surface area (Å²) in [6.07, 6.45) is -10.6. The minimum atomic E-state index is -3.02. The summed E-state index contributed by atoms with van der Waals surface area (Å²) in [5.74, 6) is -14.1. The number of likely N-dealkylation sites (N-methyl/N-ethyl adjacent to an activating group) is 2. The van der Waals surface area contributed by atoms with Crippen molar-refractivity contribution in [1.82, 2.24) is 9.80 Å². The van der Waals surface area contributed by atoms with Crippen LogP contribution >= 0.6 is 0 Å². The number of aliphatic hydroxyl groups excluding tert-OH is 6. The molecule has 24 atom stereocenters. The molecule has 0 bridgehead atoms. The molecular formula is C60H97N3O24. The highest BCUT2D eigenvalue weighted by molar-refractivity contribution is 6.24. The summed E-state index contributed by atoms with van der Waals surface area (Å²) in [5.41, 5.74) is -6.02. The predicted molar refractivity (Wildman–Crippen MR) is 310 cm³/mol. The third kappa shape index (κ3) is 13.2. The topological polar surface area (TPSA) is 448 Å². The third-order valence-corrected chi connectivity index (χ3v) is 19.3. The zero-order valence-electron chi connectivity index (χ0n) is 52.9. The average Bonchev–Trinajstić information content (AvgIpc) is 0.708. The number of aliphatic hydroxyl groups is 9. The molecule has 6 aliphatic rings. The van der Waals surface area contributed by atoms with Gasteiger partial charge in [0.05, 0.1) is 88.4 Å². The van der Waals surface area contributed by atoms with E-state index in [0.717, 1.165) is 0 Å². The van der Waals surface area contributed by atoms with Gasteiger partial charge in [-0.15, -0.1) is 0 Å². The molecule has 3 aliphatic heterocycles. The second-order valence-electron chi connectivity index (χ2n) is 25.7. The van der Waals surface area contributed by atoms with Crippen molar-refractivity contribution in [3.8, 4) is 5.75 Å². The molecule has 1 saturated carbocycles. The summed E-state index contributed by atoms with van der Waals surface area (Å²) in [7, 11) is 9.56. The smallest absolute Gasteiger partial charge is 0.311 e. The number of fused-ring (bicyclic) bond motifs is 3. The lowest BCUT2D eigenvalue weighted by Crippen LogP contribution is -2.71. The van der Waals surface area contributed by atoms with Gasteiger partial charge in [0, 0.05) is 44.4 Å². The number of nitrogens with two attached hydrogens (primary N) is 1. The van der Waals surface area contributed by atoms with Gasteiger partial charge in [-0.1, -0.05) is 39.8 Å². The minimum Gasteiger partial charge on any atom is -0.508 e. The molecule has 27 nitrogen and oxygen atoms in total. The Morgan fingerprint density at radius 2 is 1.37 bits per heavy atom. The summed E-state index contributed by atoms with van der Waals surface area (Å²) in [5, 5.41) is 112. The van der Waals surface area contributed by atoms with Crippen molar-refractivity contribution in [2.45, 2.75) is 209 Å². The van der Waals surface area contributed by atoms with Crippen LogP contribution in [0.15, 0.2) is 35.1 Å². The molecule has 0 radical (unpaired) electrons. The number of rotatable bonds is 10. The maximum Gasteiger partial charge on any atom is 0.311 e. The Morgan fingerprint density at radius 3 is 1.90 bits per heavy atom. The lowest BCUT2D eigenvalue weighted by Gasteiger charge is -2.55. The molecule has 3 heterocycles. The van der Waals surface area contributed by atoms with Gasteiger partial charge in [-0.3, -0.25) is 28.9 Å². The molecule has 1 unspecified atom stereocenters. The Labute approximate surface area is 507 Å². The number of benzene rings is 1. The number of phenolic OH excluding ortho intramolecular Hbond substituents is 1. The average molecular weight is 1240 g/mol. The van der Waals surface area contributed by atoms with Gasteiger partial charge in [-0.2, -0.15) is 0 Å². The number of ketones is 3. The number of methoxy groups -OCH3 is 2. The number of amides is 1. The number of cyclic esters (lactones) is 1. The molecule has 1 aromatic rings. The van der Waals surface area contributed by atoms with Crippen LogP contribution in [0.25, 0.3) is 5.76 Å². The van der Waals surface area contributed by atoms with Crippen molar-refractivity contribution in [2.24, 2.45) is 41.2 Å². The van der Waals surface area contributed by atoms with Crippen LogP contribution in [0.2, 0.25) is 0 Å². The number of carbonyl (C=O) groups excluding carboxylic acids is 5. The summed E-state index contributed by atoms with van der Waals surface area (Å²) < 4.78 is 43.9. The number of esters is 1. The van der Waals surface area contributed by atoms with Crippen LogP contribution in [0.4, 0.5) is 0 Å². The van der Waals surface area contributed by atoms with E-state index in [2.05, 4.69) is 0 Å². The molecule has 7 rings (SSSR count). The van der Waals surface area contributed by atoms with Crippen molar-refractivity contribution >= 4 is 35.0 Å². The highest BCUT2D eigenvalue weighted by atomic mass is 16.7. The summed E-state index contributed by atoms with van der Waals surface area (Å²) in [6.45, 7) is 18.3. The van der Waals surface area contributed by atoms with Crippen molar-refractivity contribution in [3.63, 3.8) is 0 Å². The van der Waals surface area contributed by atoms with Gasteiger partial charge < -0.3 is 106 Å². The molecule has 1 amide bonds.